The molecule has 1 N–H and O–H groups in total. The molecular weight excluding hydrogens is 212 g/mol. The summed E-state index contributed by atoms with van der Waals surface area (Å²) in [5, 5.41) is 3.20. The van der Waals surface area contributed by atoms with E-state index in [1.54, 1.807) is 12.1 Å². The molecule has 16 heavy (non-hydrogen) atoms. The summed E-state index contributed by atoms with van der Waals surface area (Å²) < 4.78 is 28.0. The Hall–Kier alpha value is -1.42. The molecule has 0 unspecified atom stereocenters. The fourth-order valence-electron chi connectivity index (χ4n) is 1.23. The summed E-state index contributed by atoms with van der Waals surface area (Å²) in [6, 6.07) is 6.60. The molecule has 0 radical (unpaired) electrons. The third-order valence-electron chi connectivity index (χ3n) is 2.00. The SMILES string of the molecule is C=CCCNCc1ccc(OC(F)F)cc1. The first-order valence-corrected chi connectivity index (χ1v) is 5.07. The molecule has 0 spiro atoms. The number of ether oxygens (including phenoxy) is 1. The first-order chi connectivity index (χ1) is 7.72. The topological polar surface area (TPSA) is 21.3 Å². The van der Waals surface area contributed by atoms with Crippen LogP contribution in [0.3, 0.4) is 0 Å². The second-order valence-corrected chi connectivity index (χ2v) is 3.28. The van der Waals surface area contributed by atoms with Crippen LogP contribution >= 0.6 is 0 Å². The van der Waals surface area contributed by atoms with Gasteiger partial charge in [0.2, 0.25) is 0 Å². The van der Waals surface area contributed by atoms with Crippen LogP contribution in [0.25, 0.3) is 0 Å². The van der Waals surface area contributed by atoms with Gasteiger partial charge in [-0.2, -0.15) is 8.78 Å². The number of benzene rings is 1. The smallest absolute Gasteiger partial charge is 0.387 e. The van der Waals surface area contributed by atoms with Gasteiger partial charge in [-0.3, -0.25) is 0 Å². The molecule has 0 aliphatic carbocycles. The van der Waals surface area contributed by atoms with Gasteiger partial charge in [-0.05, 0) is 30.7 Å². The molecule has 88 valence electrons. The van der Waals surface area contributed by atoms with E-state index in [2.05, 4.69) is 16.6 Å². The number of halogens is 2. The van der Waals surface area contributed by atoms with Gasteiger partial charge in [-0.25, -0.2) is 0 Å². The molecule has 2 nitrogen and oxygen atoms in total. The minimum absolute atomic E-state index is 0.185. The quantitative estimate of drug-likeness (QED) is 0.571. The highest BCUT2D eigenvalue weighted by molar-refractivity contribution is 5.27. The summed E-state index contributed by atoms with van der Waals surface area (Å²) in [5.74, 6) is 0.185. The van der Waals surface area contributed by atoms with Gasteiger partial charge in [0, 0.05) is 6.54 Å². The molecule has 4 heteroatoms. The second kappa shape index (κ2) is 6.95. The van der Waals surface area contributed by atoms with E-state index in [4.69, 9.17) is 0 Å². The van der Waals surface area contributed by atoms with E-state index in [0.29, 0.717) is 6.54 Å². The van der Waals surface area contributed by atoms with Crippen molar-refractivity contribution in [2.24, 2.45) is 0 Å². The molecule has 0 aliphatic heterocycles. The molecule has 0 bridgehead atoms. The van der Waals surface area contributed by atoms with E-state index in [9.17, 15) is 8.78 Å². The molecule has 0 amide bonds. The fourth-order valence-corrected chi connectivity index (χ4v) is 1.23. The highest BCUT2D eigenvalue weighted by atomic mass is 19.3. The number of alkyl halides is 2. The van der Waals surface area contributed by atoms with Gasteiger partial charge in [0.05, 0.1) is 0 Å². The summed E-state index contributed by atoms with van der Waals surface area (Å²) >= 11 is 0. The van der Waals surface area contributed by atoms with Crippen LogP contribution in [0.5, 0.6) is 5.75 Å². The van der Waals surface area contributed by atoms with Crippen molar-refractivity contribution in [3.8, 4) is 5.75 Å². The summed E-state index contributed by atoms with van der Waals surface area (Å²) in [4.78, 5) is 0. The zero-order valence-corrected chi connectivity index (χ0v) is 8.96. The summed E-state index contributed by atoms with van der Waals surface area (Å²) in [6.45, 7) is 2.42. The van der Waals surface area contributed by atoms with Crippen molar-refractivity contribution >= 4 is 0 Å². The predicted octanol–water partition coefficient (Wildman–Crippen LogP) is 2.95. The van der Waals surface area contributed by atoms with Crippen molar-refractivity contribution in [3.63, 3.8) is 0 Å². The second-order valence-electron chi connectivity index (χ2n) is 3.28. The van der Waals surface area contributed by atoms with Crippen molar-refractivity contribution in [1.82, 2.24) is 5.32 Å². The Morgan fingerprint density at radius 2 is 2.00 bits per heavy atom. The van der Waals surface area contributed by atoms with Gasteiger partial charge in [0.1, 0.15) is 5.75 Å². The highest BCUT2D eigenvalue weighted by Crippen LogP contribution is 2.14. The summed E-state index contributed by atoms with van der Waals surface area (Å²) in [5.41, 5.74) is 1.03. The van der Waals surface area contributed by atoms with Crippen LogP contribution < -0.4 is 10.1 Å². The first kappa shape index (κ1) is 12.6. The standard InChI is InChI=1S/C12H15F2NO/c1-2-3-8-15-9-10-4-6-11(7-5-10)16-12(13)14/h2,4-7,12,15H,1,3,8-9H2. The van der Waals surface area contributed by atoms with E-state index in [0.717, 1.165) is 18.5 Å². The Bertz CT molecular complexity index is 311. The predicted molar refractivity (Wildman–Crippen MR) is 59.6 cm³/mol. The maximum absolute atomic E-state index is 11.9. The van der Waals surface area contributed by atoms with Crippen molar-refractivity contribution < 1.29 is 13.5 Å². The van der Waals surface area contributed by atoms with Crippen LogP contribution in [0, 0.1) is 0 Å². The van der Waals surface area contributed by atoms with Crippen molar-refractivity contribution in [2.45, 2.75) is 19.6 Å². The van der Waals surface area contributed by atoms with Crippen molar-refractivity contribution in [3.05, 3.63) is 42.5 Å². The minimum Gasteiger partial charge on any atom is -0.435 e. The molecule has 1 rings (SSSR count). The number of hydrogen-bond donors (Lipinski definition) is 1. The normalized spacial score (nSPS) is 10.4. The van der Waals surface area contributed by atoms with Crippen LogP contribution in [-0.2, 0) is 6.54 Å². The van der Waals surface area contributed by atoms with Gasteiger partial charge >= 0.3 is 6.61 Å². The molecular formula is C12H15F2NO. The fraction of sp³-hybridized carbons (Fsp3) is 0.333. The summed E-state index contributed by atoms with van der Waals surface area (Å²) in [7, 11) is 0. The number of rotatable bonds is 7. The third kappa shape index (κ3) is 4.89. The maximum Gasteiger partial charge on any atom is 0.387 e. The summed E-state index contributed by atoms with van der Waals surface area (Å²) in [6.07, 6.45) is 2.75. The largest absolute Gasteiger partial charge is 0.435 e. The molecule has 0 aliphatic rings. The van der Waals surface area contributed by atoms with Gasteiger partial charge in [0.25, 0.3) is 0 Å². The third-order valence-corrected chi connectivity index (χ3v) is 2.00. The molecule has 1 aromatic carbocycles. The molecule has 0 aromatic heterocycles. The molecule has 1 aromatic rings. The Labute approximate surface area is 93.9 Å². The number of nitrogens with one attached hydrogen (secondary N) is 1. The molecule has 0 atom stereocenters. The zero-order chi connectivity index (χ0) is 11.8. The van der Waals surface area contributed by atoms with Crippen LogP contribution in [-0.4, -0.2) is 13.2 Å². The molecule has 0 heterocycles. The number of hydrogen-bond acceptors (Lipinski definition) is 2. The van der Waals surface area contributed by atoms with Crippen molar-refractivity contribution in [2.75, 3.05) is 6.54 Å². The van der Waals surface area contributed by atoms with Crippen LogP contribution in [0.15, 0.2) is 36.9 Å². The van der Waals surface area contributed by atoms with E-state index in [1.807, 2.05) is 6.08 Å². The lowest BCUT2D eigenvalue weighted by molar-refractivity contribution is -0.0498. The van der Waals surface area contributed by atoms with Gasteiger partial charge in [0.15, 0.2) is 0 Å². The van der Waals surface area contributed by atoms with Crippen molar-refractivity contribution in [1.29, 1.82) is 0 Å². The van der Waals surface area contributed by atoms with Crippen LogP contribution in [0.2, 0.25) is 0 Å². The van der Waals surface area contributed by atoms with Crippen LogP contribution in [0.1, 0.15) is 12.0 Å². The highest BCUT2D eigenvalue weighted by Gasteiger charge is 2.03. The molecule has 0 saturated carbocycles. The monoisotopic (exact) mass is 227 g/mol. The maximum atomic E-state index is 11.9. The Balaban J connectivity index is 2.36. The van der Waals surface area contributed by atoms with E-state index in [1.165, 1.54) is 12.1 Å². The zero-order valence-electron chi connectivity index (χ0n) is 8.96. The average Bonchev–Trinajstić information content (AvgIpc) is 2.26. The van der Waals surface area contributed by atoms with Gasteiger partial charge in [-0.15, -0.1) is 6.58 Å². The Kier molecular flexibility index (Phi) is 5.50. The Morgan fingerprint density at radius 3 is 2.56 bits per heavy atom. The first-order valence-electron chi connectivity index (χ1n) is 5.07. The lowest BCUT2D eigenvalue weighted by atomic mass is 10.2. The lowest BCUT2D eigenvalue weighted by Gasteiger charge is -2.06. The minimum atomic E-state index is -2.77. The van der Waals surface area contributed by atoms with Gasteiger partial charge in [-0.1, -0.05) is 18.2 Å². The molecule has 0 saturated heterocycles. The van der Waals surface area contributed by atoms with Gasteiger partial charge < -0.3 is 10.1 Å². The molecule has 0 fully saturated rings. The van der Waals surface area contributed by atoms with E-state index < -0.39 is 6.61 Å². The Morgan fingerprint density at radius 1 is 1.31 bits per heavy atom. The van der Waals surface area contributed by atoms with Crippen LogP contribution in [0.4, 0.5) is 8.78 Å². The lowest BCUT2D eigenvalue weighted by Crippen LogP contribution is -2.13. The average molecular weight is 227 g/mol. The van der Waals surface area contributed by atoms with E-state index >= 15 is 0 Å². The van der Waals surface area contributed by atoms with E-state index in [-0.39, 0.29) is 5.75 Å².